The van der Waals surface area contributed by atoms with Crippen molar-refractivity contribution < 1.29 is 14.2 Å². The van der Waals surface area contributed by atoms with Gasteiger partial charge in [0.1, 0.15) is 0 Å². The van der Waals surface area contributed by atoms with Crippen LogP contribution in [0.15, 0.2) is 12.3 Å². The van der Waals surface area contributed by atoms with Crippen LogP contribution in [0.25, 0.3) is 0 Å². The zero-order valence-corrected chi connectivity index (χ0v) is 15.4. The Labute approximate surface area is 138 Å². The second-order valence-electron chi connectivity index (χ2n) is 5.94. The summed E-state index contributed by atoms with van der Waals surface area (Å²) in [7, 11) is 3.51. The molecule has 0 rings (SSSR count). The van der Waals surface area contributed by atoms with Crippen LogP contribution >= 0.6 is 0 Å². The minimum Gasteiger partial charge on any atom is -0.502 e. The zero-order valence-electron chi connectivity index (χ0n) is 15.4. The van der Waals surface area contributed by atoms with Gasteiger partial charge in [-0.25, -0.2) is 0 Å². The van der Waals surface area contributed by atoms with E-state index in [2.05, 4.69) is 13.8 Å². The first-order valence-electron chi connectivity index (χ1n) is 9.11. The molecule has 3 nitrogen and oxygen atoms in total. The number of allylic oxidation sites excluding steroid dienone is 1. The van der Waals surface area contributed by atoms with Crippen LogP contribution in [0.1, 0.15) is 84.5 Å². The quantitative estimate of drug-likeness (QED) is 0.203. The number of methoxy groups -OCH3 is 2. The standard InChI is InChI=1S/C19H38O3/c1-5-7-9-10-11-12-13-15-19(20-3,21-4)16-14-18-22-17-8-6-2/h8,17H,5-7,9-16,18H2,1-4H3. The third kappa shape index (κ3) is 11.1. The molecule has 0 saturated carbocycles. The Bertz CT molecular complexity index is 247. The fourth-order valence-electron chi connectivity index (χ4n) is 2.63. The molecule has 0 bridgehead atoms. The molecule has 132 valence electrons. The lowest BCUT2D eigenvalue weighted by Crippen LogP contribution is -2.34. The molecule has 0 amide bonds. The Morgan fingerprint density at radius 3 is 1.95 bits per heavy atom. The lowest BCUT2D eigenvalue weighted by Gasteiger charge is -2.31. The number of unbranched alkanes of at least 4 members (excludes halogenated alkanes) is 6. The molecular weight excluding hydrogens is 276 g/mol. The van der Waals surface area contributed by atoms with Crippen molar-refractivity contribution in [1.82, 2.24) is 0 Å². The smallest absolute Gasteiger partial charge is 0.167 e. The van der Waals surface area contributed by atoms with Crippen LogP contribution in [0.4, 0.5) is 0 Å². The SMILES string of the molecule is CCC=COCCCC(CCCCCCCCC)(OC)OC. The molecule has 0 aliphatic rings. The molecule has 0 unspecified atom stereocenters. The molecular formula is C19H38O3. The molecule has 0 spiro atoms. The van der Waals surface area contributed by atoms with Crippen molar-refractivity contribution in [3.8, 4) is 0 Å². The maximum absolute atomic E-state index is 5.66. The highest BCUT2D eigenvalue weighted by molar-refractivity contribution is 4.72. The van der Waals surface area contributed by atoms with Crippen molar-refractivity contribution >= 4 is 0 Å². The summed E-state index contributed by atoms with van der Waals surface area (Å²) < 4.78 is 16.8. The fourth-order valence-corrected chi connectivity index (χ4v) is 2.63. The Morgan fingerprint density at radius 2 is 1.36 bits per heavy atom. The Hall–Kier alpha value is -0.540. The van der Waals surface area contributed by atoms with E-state index in [1.807, 2.05) is 6.08 Å². The number of rotatable bonds is 16. The monoisotopic (exact) mass is 314 g/mol. The van der Waals surface area contributed by atoms with Gasteiger partial charge in [-0.1, -0.05) is 58.4 Å². The van der Waals surface area contributed by atoms with Crippen LogP contribution in [0.5, 0.6) is 0 Å². The molecule has 0 saturated heterocycles. The lowest BCUT2D eigenvalue weighted by atomic mass is 10.0. The first-order valence-corrected chi connectivity index (χ1v) is 9.11. The molecule has 0 atom stereocenters. The molecule has 0 radical (unpaired) electrons. The van der Waals surface area contributed by atoms with E-state index in [-0.39, 0.29) is 0 Å². The van der Waals surface area contributed by atoms with Crippen LogP contribution in [0, 0.1) is 0 Å². The van der Waals surface area contributed by atoms with Crippen LogP contribution in [0.2, 0.25) is 0 Å². The highest BCUT2D eigenvalue weighted by Crippen LogP contribution is 2.26. The summed E-state index contributed by atoms with van der Waals surface area (Å²) in [4.78, 5) is 0. The number of ether oxygens (including phenoxy) is 3. The largest absolute Gasteiger partial charge is 0.502 e. The summed E-state index contributed by atoms with van der Waals surface area (Å²) in [6, 6.07) is 0. The Kier molecular flexibility index (Phi) is 15.0. The van der Waals surface area contributed by atoms with Crippen molar-refractivity contribution in [3.05, 3.63) is 12.3 Å². The van der Waals surface area contributed by atoms with Crippen molar-refractivity contribution in [2.75, 3.05) is 20.8 Å². The third-order valence-corrected chi connectivity index (χ3v) is 4.15. The second kappa shape index (κ2) is 15.4. The van der Waals surface area contributed by atoms with Crippen LogP contribution in [-0.2, 0) is 14.2 Å². The van der Waals surface area contributed by atoms with E-state index in [0.717, 1.165) is 32.3 Å². The van der Waals surface area contributed by atoms with Crippen molar-refractivity contribution in [2.24, 2.45) is 0 Å². The van der Waals surface area contributed by atoms with Gasteiger partial charge in [0.2, 0.25) is 0 Å². The van der Waals surface area contributed by atoms with E-state index in [4.69, 9.17) is 14.2 Å². The lowest BCUT2D eigenvalue weighted by molar-refractivity contribution is -0.216. The van der Waals surface area contributed by atoms with Gasteiger partial charge in [-0.3, -0.25) is 0 Å². The topological polar surface area (TPSA) is 27.7 Å². The Morgan fingerprint density at radius 1 is 0.773 bits per heavy atom. The van der Waals surface area contributed by atoms with Gasteiger partial charge in [-0.05, 0) is 19.3 Å². The normalized spacial score (nSPS) is 12.2. The van der Waals surface area contributed by atoms with Crippen molar-refractivity contribution in [2.45, 2.75) is 90.3 Å². The minimum absolute atomic E-state index is 0.429. The average molecular weight is 315 g/mol. The van der Waals surface area contributed by atoms with Gasteiger partial charge in [0.15, 0.2) is 5.79 Å². The van der Waals surface area contributed by atoms with Crippen LogP contribution in [-0.4, -0.2) is 26.6 Å². The van der Waals surface area contributed by atoms with Gasteiger partial charge in [0.05, 0.1) is 12.9 Å². The molecule has 0 N–H and O–H groups in total. The molecule has 22 heavy (non-hydrogen) atoms. The number of hydrogen-bond donors (Lipinski definition) is 0. The summed E-state index contributed by atoms with van der Waals surface area (Å²) in [5, 5.41) is 0. The van der Waals surface area contributed by atoms with Gasteiger partial charge in [-0.2, -0.15) is 0 Å². The molecule has 0 aromatic heterocycles. The molecule has 0 aliphatic carbocycles. The van der Waals surface area contributed by atoms with E-state index in [0.29, 0.717) is 0 Å². The average Bonchev–Trinajstić information content (AvgIpc) is 2.55. The van der Waals surface area contributed by atoms with Gasteiger partial charge in [0, 0.05) is 27.1 Å². The molecule has 0 aromatic rings. The van der Waals surface area contributed by atoms with Crippen LogP contribution < -0.4 is 0 Å². The predicted molar refractivity (Wildman–Crippen MR) is 94.0 cm³/mol. The van der Waals surface area contributed by atoms with E-state index in [1.54, 1.807) is 20.5 Å². The Balaban J connectivity index is 3.83. The van der Waals surface area contributed by atoms with Gasteiger partial charge in [-0.15, -0.1) is 0 Å². The summed E-state index contributed by atoms with van der Waals surface area (Å²) in [6.45, 7) is 5.08. The summed E-state index contributed by atoms with van der Waals surface area (Å²) >= 11 is 0. The van der Waals surface area contributed by atoms with E-state index < -0.39 is 5.79 Å². The first-order chi connectivity index (χ1) is 10.7. The number of hydrogen-bond acceptors (Lipinski definition) is 3. The predicted octanol–water partition coefficient (Wildman–Crippen LogP) is 5.84. The molecule has 3 heteroatoms. The molecule has 0 aromatic carbocycles. The van der Waals surface area contributed by atoms with Gasteiger partial charge < -0.3 is 14.2 Å². The summed E-state index contributed by atoms with van der Waals surface area (Å²) in [5.74, 6) is -0.429. The maximum Gasteiger partial charge on any atom is 0.167 e. The first kappa shape index (κ1) is 21.5. The van der Waals surface area contributed by atoms with Crippen molar-refractivity contribution in [3.63, 3.8) is 0 Å². The van der Waals surface area contributed by atoms with Gasteiger partial charge >= 0.3 is 0 Å². The highest BCUT2D eigenvalue weighted by atomic mass is 16.7. The minimum atomic E-state index is -0.429. The van der Waals surface area contributed by atoms with Crippen molar-refractivity contribution in [1.29, 1.82) is 0 Å². The maximum atomic E-state index is 5.66. The summed E-state index contributed by atoms with van der Waals surface area (Å²) in [6.07, 6.45) is 16.8. The third-order valence-electron chi connectivity index (χ3n) is 4.15. The van der Waals surface area contributed by atoms with E-state index in [9.17, 15) is 0 Å². The van der Waals surface area contributed by atoms with Gasteiger partial charge in [0.25, 0.3) is 0 Å². The molecule has 0 fully saturated rings. The zero-order chi connectivity index (χ0) is 16.5. The highest BCUT2D eigenvalue weighted by Gasteiger charge is 2.28. The van der Waals surface area contributed by atoms with E-state index in [1.165, 1.54) is 44.9 Å². The fraction of sp³-hybridized carbons (Fsp3) is 0.895. The summed E-state index contributed by atoms with van der Waals surface area (Å²) in [5.41, 5.74) is 0. The molecule has 0 heterocycles. The second-order valence-corrected chi connectivity index (χ2v) is 5.94. The molecule has 0 aliphatic heterocycles. The van der Waals surface area contributed by atoms with Crippen LogP contribution in [0.3, 0.4) is 0 Å². The van der Waals surface area contributed by atoms with E-state index >= 15 is 0 Å².